The Kier molecular flexibility index (Phi) is 3.92. The van der Waals surface area contributed by atoms with Gasteiger partial charge in [-0.15, -0.1) is 0 Å². The van der Waals surface area contributed by atoms with Gasteiger partial charge >= 0.3 is 0 Å². The summed E-state index contributed by atoms with van der Waals surface area (Å²) in [5.41, 5.74) is -0.901. The molecule has 1 heterocycles. The SMILES string of the molecule is CC1(C)Oc2ccc(C#N)cc2C(N(C=O)C2=CC(=O)CC2)C1(C)O. The summed E-state index contributed by atoms with van der Waals surface area (Å²) in [6.07, 6.45) is 2.87. The van der Waals surface area contributed by atoms with Gasteiger partial charge in [-0.25, -0.2) is 0 Å². The summed E-state index contributed by atoms with van der Waals surface area (Å²) >= 11 is 0. The fourth-order valence-electron chi connectivity index (χ4n) is 3.44. The summed E-state index contributed by atoms with van der Waals surface area (Å²) in [6.45, 7) is 5.10. The van der Waals surface area contributed by atoms with Gasteiger partial charge in [0.1, 0.15) is 17.0 Å². The molecule has 1 aromatic carbocycles. The van der Waals surface area contributed by atoms with E-state index in [9.17, 15) is 20.0 Å². The topological polar surface area (TPSA) is 90.6 Å². The van der Waals surface area contributed by atoms with Gasteiger partial charge in [-0.3, -0.25) is 9.59 Å². The molecule has 0 saturated carbocycles. The summed E-state index contributed by atoms with van der Waals surface area (Å²) in [4.78, 5) is 25.0. The van der Waals surface area contributed by atoms with Gasteiger partial charge in [0, 0.05) is 23.8 Å². The highest BCUT2D eigenvalue weighted by atomic mass is 16.5. The van der Waals surface area contributed by atoms with Gasteiger partial charge in [0.25, 0.3) is 0 Å². The zero-order valence-corrected chi connectivity index (χ0v) is 14.4. The fourth-order valence-corrected chi connectivity index (χ4v) is 3.44. The van der Waals surface area contributed by atoms with E-state index in [1.807, 2.05) is 0 Å². The quantitative estimate of drug-likeness (QED) is 0.852. The second kappa shape index (κ2) is 5.71. The summed E-state index contributed by atoms with van der Waals surface area (Å²) in [7, 11) is 0. The summed E-state index contributed by atoms with van der Waals surface area (Å²) < 4.78 is 5.95. The second-order valence-electron chi connectivity index (χ2n) is 7.14. The van der Waals surface area contributed by atoms with Crippen LogP contribution >= 0.6 is 0 Å². The summed E-state index contributed by atoms with van der Waals surface area (Å²) in [6, 6.07) is 6.23. The Morgan fingerprint density at radius 1 is 1.36 bits per heavy atom. The van der Waals surface area contributed by atoms with E-state index < -0.39 is 17.2 Å². The van der Waals surface area contributed by atoms with Crippen LogP contribution in [0.3, 0.4) is 0 Å². The van der Waals surface area contributed by atoms with Crippen LogP contribution in [0.4, 0.5) is 0 Å². The third-order valence-electron chi connectivity index (χ3n) is 5.23. The first-order valence-electron chi connectivity index (χ1n) is 8.14. The first-order valence-corrected chi connectivity index (χ1v) is 8.14. The van der Waals surface area contributed by atoms with Crippen molar-refractivity contribution in [2.24, 2.45) is 0 Å². The number of nitriles is 1. The van der Waals surface area contributed by atoms with Crippen molar-refractivity contribution in [2.45, 2.75) is 50.9 Å². The van der Waals surface area contributed by atoms with Crippen molar-refractivity contribution in [3.05, 3.63) is 41.1 Å². The predicted octanol–water partition coefficient (Wildman–Crippen LogP) is 2.23. The summed E-state index contributed by atoms with van der Waals surface area (Å²) in [5, 5.41) is 20.5. The number of amides is 1. The molecule has 1 N–H and O–H groups in total. The Hall–Kier alpha value is -2.65. The maximum atomic E-state index is 11.9. The molecule has 6 nitrogen and oxygen atoms in total. The minimum Gasteiger partial charge on any atom is -0.484 e. The van der Waals surface area contributed by atoms with E-state index >= 15 is 0 Å². The number of nitrogens with zero attached hydrogens (tertiary/aromatic N) is 2. The second-order valence-corrected chi connectivity index (χ2v) is 7.14. The molecular formula is C19H20N2O4. The zero-order chi connectivity index (χ0) is 18.4. The van der Waals surface area contributed by atoms with E-state index in [1.165, 1.54) is 11.0 Å². The van der Waals surface area contributed by atoms with E-state index in [0.29, 0.717) is 41.8 Å². The molecule has 25 heavy (non-hydrogen) atoms. The summed E-state index contributed by atoms with van der Waals surface area (Å²) in [5.74, 6) is 0.469. The molecule has 1 aromatic rings. The van der Waals surface area contributed by atoms with Gasteiger partial charge in [-0.05, 0) is 45.4 Å². The minimum absolute atomic E-state index is 0.0428. The van der Waals surface area contributed by atoms with Crippen molar-refractivity contribution in [2.75, 3.05) is 0 Å². The number of rotatable bonds is 3. The molecule has 3 rings (SSSR count). The average molecular weight is 340 g/mol. The monoisotopic (exact) mass is 340 g/mol. The number of ketones is 1. The number of benzene rings is 1. The predicted molar refractivity (Wildman–Crippen MR) is 89.5 cm³/mol. The molecule has 1 aliphatic heterocycles. The Morgan fingerprint density at radius 2 is 2.08 bits per heavy atom. The molecule has 0 bridgehead atoms. The molecule has 2 unspecified atom stereocenters. The van der Waals surface area contributed by atoms with Crippen molar-refractivity contribution in [1.82, 2.24) is 4.90 Å². The lowest BCUT2D eigenvalue weighted by Crippen LogP contribution is -2.61. The number of carbonyl (C=O) groups excluding carboxylic acids is 2. The smallest absolute Gasteiger partial charge is 0.214 e. The highest BCUT2D eigenvalue weighted by Gasteiger charge is 2.55. The number of allylic oxidation sites excluding steroid dienone is 2. The maximum Gasteiger partial charge on any atom is 0.214 e. The molecule has 0 spiro atoms. The number of ether oxygens (including phenoxy) is 1. The third kappa shape index (κ3) is 2.61. The minimum atomic E-state index is -1.44. The standard InChI is InChI=1S/C19H20N2O4/c1-18(2)19(3,24)17(21(11-22)13-5-6-14(23)9-13)15-8-12(10-20)4-7-16(15)25-18/h4,7-9,11,17,24H,5-6H2,1-3H3. The largest absolute Gasteiger partial charge is 0.484 e. The normalized spacial score (nSPS) is 26.9. The Bertz CT molecular complexity index is 817. The first-order chi connectivity index (χ1) is 11.7. The molecule has 2 aliphatic rings. The fraction of sp³-hybridized carbons (Fsp3) is 0.421. The molecule has 130 valence electrons. The van der Waals surface area contributed by atoms with Crippen LogP contribution in [0.1, 0.15) is 50.8 Å². The zero-order valence-electron chi connectivity index (χ0n) is 14.4. The van der Waals surface area contributed by atoms with Gasteiger partial charge in [0.15, 0.2) is 5.78 Å². The van der Waals surface area contributed by atoms with Gasteiger partial charge in [-0.1, -0.05) is 0 Å². The molecule has 0 radical (unpaired) electrons. The number of carbonyl (C=O) groups is 2. The molecule has 6 heteroatoms. The van der Waals surface area contributed by atoms with Crippen molar-refractivity contribution < 1.29 is 19.4 Å². The van der Waals surface area contributed by atoms with Crippen LogP contribution in [0.2, 0.25) is 0 Å². The van der Waals surface area contributed by atoms with Crippen LogP contribution in [0.15, 0.2) is 30.0 Å². The van der Waals surface area contributed by atoms with Crippen molar-refractivity contribution >= 4 is 12.2 Å². The molecule has 0 fully saturated rings. The van der Waals surface area contributed by atoms with E-state index in [-0.39, 0.29) is 5.78 Å². The Morgan fingerprint density at radius 3 is 2.64 bits per heavy atom. The maximum absolute atomic E-state index is 11.9. The van der Waals surface area contributed by atoms with E-state index in [2.05, 4.69) is 6.07 Å². The average Bonchev–Trinajstić information content (AvgIpc) is 2.97. The van der Waals surface area contributed by atoms with Crippen LogP contribution in [0, 0.1) is 11.3 Å². The molecular weight excluding hydrogens is 320 g/mol. The van der Waals surface area contributed by atoms with Crippen molar-refractivity contribution in [3.63, 3.8) is 0 Å². The van der Waals surface area contributed by atoms with Crippen LogP contribution < -0.4 is 4.74 Å². The van der Waals surface area contributed by atoms with E-state index in [4.69, 9.17) is 4.74 Å². The van der Waals surface area contributed by atoms with E-state index in [0.717, 1.165) is 0 Å². The van der Waals surface area contributed by atoms with Crippen molar-refractivity contribution in [1.29, 1.82) is 5.26 Å². The van der Waals surface area contributed by atoms with Gasteiger partial charge in [-0.2, -0.15) is 5.26 Å². The van der Waals surface area contributed by atoms with Gasteiger partial charge in [0.05, 0.1) is 17.7 Å². The van der Waals surface area contributed by atoms with Crippen LogP contribution in [-0.4, -0.2) is 33.4 Å². The lowest BCUT2D eigenvalue weighted by Gasteiger charge is -2.52. The highest BCUT2D eigenvalue weighted by molar-refractivity contribution is 5.93. The van der Waals surface area contributed by atoms with Crippen LogP contribution in [0.5, 0.6) is 5.75 Å². The van der Waals surface area contributed by atoms with Crippen LogP contribution in [0.25, 0.3) is 0 Å². The number of fused-ring (bicyclic) bond motifs is 1. The lowest BCUT2D eigenvalue weighted by atomic mass is 9.74. The van der Waals surface area contributed by atoms with E-state index in [1.54, 1.807) is 39.0 Å². The van der Waals surface area contributed by atoms with Crippen LogP contribution in [-0.2, 0) is 9.59 Å². The van der Waals surface area contributed by atoms with Crippen molar-refractivity contribution in [3.8, 4) is 11.8 Å². The number of aliphatic hydroxyl groups is 1. The molecule has 0 aromatic heterocycles. The molecule has 1 aliphatic carbocycles. The molecule has 0 saturated heterocycles. The first kappa shape index (κ1) is 17.2. The third-order valence-corrected chi connectivity index (χ3v) is 5.23. The Labute approximate surface area is 146 Å². The number of hydrogen-bond acceptors (Lipinski definition) is 5. The van der Waals surface area contributed by atoms with Gasteiger partial charge < -0.3 is 14.7 Å². The Balaban J connectivity index is 2.21. The molecule has 1 amide bonds. The lowest BCUT2D eigenvalue weighted by molar-refractivity contribution is -0.164. The number of hydrogen-bond donors (Lipinski definition) is 1. The highest BCUT2D eigenvalue weighted by Crippen LogP contribution is 2.50. The molecule has 2 atom stereocenters. The van der Waals surface area contributed by atoms with Gasteiger partial charge in [0.2, 0.25) is 6.41 Å².